The molecule has 0 bridgehead atoms. The summed E-state index contributed by atoms with van der Waals surface area (Å²) in [7, 11) is 1.85. The highest BCUT2D eigenvalue weighted by molar-refractivity contribution is 6.31. The van der Waals surface area contributed by atoms with E-state index in [2.05, 4.69) is 0 Å². The highest BCUT2D eigenvalue weighted by atomic mass is 35.5. The molecule has 0 spiro atoms. The number of aliphatic carboxylic acids is 1. The van der Waals surface area contributed by atoms with E-state index in [1.54, 1.807) is 11.0 Å². The molecule has 3 heterocycles. The number of carbonyl (C=O) groups excluding carboxylic acids is 2. The number of benzene rings is 1. The first-order valence-electron chi connectivity index (χ1n) is 9.72. The Morgan fingerprint density at radius 1 is 1.17 bits per heavy atom. The minimum atomic E-state index is -0.852. The molecule has 1 N–H and O–H groups in total. The lowest BCUT2D eigenvalue weighted by Gasteiger charge is -2.28. The second-order valence-corrected chi connectivity index (χ2v) is 8.77. The number of aromatic nitrogens is 1. The van der Waals surface area contributed by atoms with Gasteiger partial charge in [-0.3, -0.25) is 14.4 Å². The molecule has 2 unspecified atom stereocenters. The van der Waals surface area contributed by atoms with E-state index >= 15 is 0 Å². The first kappa shape index (κ1) is 19.8. The normalized spacial score (nSPS) is 23.6. The molecule has 1 aromatic heterocycles. The van der Waals surface area contributed by atoms with Gasteiger partial charge in [-0.2, -0.15) is 0 Å². The van der Waals surface area contributed by atoms with Gasteiger partial charge in [0.05, 0.1) is 0 Å². The maximum Gasteiger partial charge on any atom is 0.303 e. The van der Waals surface area contributed by atoms with Gasteiger partial charge in [-0.1, -0.05) is 17.7 Å². The summed E-state index contributed by atoms with van der Waals surface area (Å²) in [5.41, 5.74) is 1.12. The van der Waals surface area contributed by atoms with Crippen LogP contribution in [0, 0.1) is 11.3 Å². The monoisotopic (exact) mass is 417 g/mol. The van der Waals surface area contributed by atoms with E-state index in [1.165, 1.54) is 6.92 Å². The van der Waals surface area contributed by atoms with Crippen LogP contribution >= 0.6 is 11.6 Å². The van der Waals surface area contributed by atoms with Crippen LogP contribution in [0.5, 0.6) is 0 Å². The molecule has 7 nitrogen and oxygen atoms in total. The summed E-state index contributed by atoms with van der Waals surface area (Å²) in [6.45, 7) is 3.62. The second-order valence-electron chi connectivity index (χ2n) is 8.33. The lowest BCUT2D eigenvalue weighted by Crippen LogP contribution is -2.38. The largest absolute Gasteiger partial charge is 0.481 e. The fourth-order valence-corrected chi connectivity index (χ4v) is 5.12. The predicted molar refractivity (Wildman–Crippen MR) is 109 cm³/mol. The van der Waals surface area contributed by atoms with Crippen LogP contribution in [0.3, 0.4) is 0 Å². The van der Waals surface area contributed by atoms with Crippen molar-refractivity contribution < 1.29 is 19.5 Å². The molecule has 2 saturated heterocycles. The Hall–Kier alpha value is -2.54. The number of hydrogen-bond acceptors (Lipinski definition) is 3. The summed E-state index contributed by atoms with van der Waals surface area (Å²) in [6, 6.07) is 7.40. The molecule has 2 aliphatic rings. The fourth-order valence-electron chi connectivity index (χ4n) is 4.96. The van der Waals surface area contributed by atoms with Crippen LogP contribution in [0.1, 0.15) is 30.3 Å². The summed E-state index contributed by atoms with van der Waals surface area (Å²) in [5.74, 6) is -0.829. The summed E-state index contributed by atoms with van der Waals surface area (Å²) in [6.07, 6.45) is 0.502. The number of rotatable bonds is 4. The number of nitrogens with zero attached hydrogens (tertiary/aromatic N) is 3. The summed E-state index contributed by atoms with van der Waals surface area (Å²) >= 11 is 6.10. The van der Waals surface area contributed by atoms with Crippen LogP contribution < -0.4 is 0 Å². The smallest absolute Gasteiger partial charge is 0.303 e. The molecule has 2 aliphatic heterocycles. The van der Waals surface area contributed by atoms with E-state index in [4.69, 9.17) is 11.6 Å². The first-order valence-corrected chi connectivity index (χ1v) is 10.1. The lowest BCUT2D eigenvalue weighted by atomic mass is 9.77. The molecule has 29 heavy (non-hydrogen) atoms. The summed E-state index contributed by atoms with van der Waals surface area (Å²) in [4.78, 5) is 40.0. The van der Waals surface area contributed by atoms with Crippen molar-refractivity contribution in [1.29, 1.82) is 0 Å². The Morgan fingerprint density at radius 2 is 1.86 bits per heavy atom. The van der Waals surface area contributed by atoms with Gasteiger partial charge in [0.2, 0.25) is 5.91 Å². The van der Waals surface area contributed by atoms with Crippen LogP contribution in [0.2, 0.25) is 5.02 Å². The van der Waals surface area contributed by atoms with Gasteiger partial charge in [0.25, 0.3) is 5.91 Å². The van der Waals surface area contributed by atoms with Gasteiger partial charge in [0, 0.05) is 73.8 Å². The van der Waals surface area contributed by atoms with Crippen molar-refractivity contribution in [3.63, 3.8) is 0 Å². The van der Waals surface area contributed by atoms with Crippen LogP contribution in [0.25, 0.3) is 10.9 Å². The number of carboxylic acid groups (broad SMARTS) is 1. The molecule has 0 aliphatic carbocycles. The van der Waals surface area contributed by atoms with Crippen molar-refractivity contribution >= 4 is 40.3 Å². The molecular weight excluding hydrogens is 394 g/mol. The third-order valence-corrected chi connectivity index (χ3v) is 6.79. The fraction of sp³-hybridized carbons (Fsp3) is 0.476. The van der Waals surface area contributed by atoms with Crippen LogP contribution in [0.15, 0.2) is 24.3 Å². The van der Waals surface area contributed by atoms with E-state index in [-0.39, 0.29) is 29.6 Å². The topological polar surface area (TPSA) is 82.9 Å². The highest BCUT2D eigenvalue weighted by Gasteiger charge is 2.54. The second kappa shape index (κ2) is 7.06. The summed E-state index contributed by atoms with van der Waals surface area (Å²) < 4.78 is 1.85. The first-order chi connectivity index (χ1) is 13.7. The number of aryl methyl sites for hydroxylation is 1. The zero-order valence-corrected chi connectivity index (χ0v) is 17.3. The number of carboxylic acids is 1. The number of halogens is 1. The van der Waals surface area contributed by atoms with Gasteiger partial charge >= 0.3 is 5.97 Å². The molecule has 8 heteroatoms. The van der Waals surface area contributed by atoms with E-state index in [0.717, 1.165) is 10.9 Å². The minimum Gasteiger partial charge on any atom is -0.481 e. The Bertz CT molecular complexity index is 1020. The number of fused-ring (bicyclic) bond motifs is 2. The Labute approximate surface area is 173 Å². The molecule has 2 amide bonds. The maximum atomic E-state index is 13.3. The third-order valence-electron chi connectivity index (χ3n) is 6.55. The number of hydrogen-bond donors (Lipinski definition) is 1. The number of likely N-dealkylation sites (tertiary alicyclic amines) is 2. The molecular formula is C21H24ClN3O4. The Morgan fingerprint density at radius 3 is 2.55 bits per heavy atom. The van der Waals surface area contributed by atoms with Crippen LogP contribution in [-0.4, -0.2) is 63.4 Å². The SMILES string of the molecule is CC(=O)N1CC2CN(C(=O)c3cc4ccc(Cl)cc4n3C)CC2(CCC(=O)O)C1. The quantitative estimate of drug-likeness (QED) is 0.828. The van der Waals surface area contributed by atoms with Gasteiger partial charge in [-0.25, -0.2) is 0 Å². The van der Waals surface area contributed by atoms with E-state index in [0.29, 0.717) is 43.3 Å². The van der Waals surface area contributed by atoms with Gasteiger partial charge < -0.3 is 19.5 Å². The third kappa shape index (κ3) is 3.37. The van der Waals surface area contributed by atoms with Crippen LogP contribution in [-0.2, 0) is 16.6 Å². The number of carbonyl (C=O) groups is 3. The lowest BCUT2D eigenvalue weighted by molar-refractivity contribution is -0.137. The zero-order chi connectivity index (χ0) is 20.9. The molecule has 1 aromatic carbocycles. The zero-order valence-electron chi connectivity index (χ0n) is 16.5. The average molecular weight is 418 g/mol. The Balaban J connectivity index is 1.61. The van der Waals surface area contributed by atoms with E-state index in [1.807, 2.05) is 34.7 Å². The molecule has 0 saturated carbocycles. The van der Waals surface area contributed by atoms with Crippen LogP contribution in [0.4, 0.5) is 0 Å². The van der Waals surface area contributed by atoms with Gasteiger partial charge in [0.15, 0.2) is 0 Å². The van der Waals surface area contributed by atoms with Crippen molar-refractivity contribution in [1.82, 2.24) is 14.4 Å². The minimum absolute atomic E-state index is 0.00228. The molecule has 2 aromatic rings. The van der Waals surface area contributed by atoms with Gasteiger partial charge in [0.1, 0.15) is 5.69 Å². The number of amides is 2. The molecule has 154 valence electrons. The van der Waals surface area contributed by atoms with E-state index in [9.17, 15) is 19.5 Å². The molecule has 2 atom stereocenters. The van der Waals surface area contributed by atoms with Crippen molar-refractivity contribution in [3.05, 3.63) is 35.0 Å². The van der Waals surface area contributed by atoms with Crippen molar-refractivity contribution in [2.24, 2.45) is 18.4 Å². The van der Waals surface area contributed by atoms with E-state index < -0.39 is 5.97 Å². The molecule has 2 fully saturated rings. The average Bonchev–Trinajstić information content (AvgIpc) is 3.28. The summed E-state index contributed by atoms with van der Waals surface area (Å²) in [5, 5.41) is 10.7. The standard InChI is InChI=1S/C21H24ClN3O4/c1-13(26)24-9-15-10-25(12-21(15,11-24)6-5-19(27)28)20(29)18-7-14-3-4-16(22)8-17(14)23(18)2/h3-4,7-8,15H,5-6,9-12H2,1-2H3,(H,27,28). The van der Waals surface area contributed by atoms with Crippen molar-refractivity contribution in [3.8, 4) is 0 Å². The molecule has 4 rings (SSSR count). The highest BCUT2D eigenvalue weighted by Crippen LogP contribution is 2.46. The van der Waals surface area contributed by atoms with Crippen molar-refractivity contribution in [2.75, 3.05) is 26.2 Å². The van der Waals surface area contributed by atoms with Crippen molar-refractivity contribution in [2.45, 2.75) is 19.8 Å². The molecule has 0 radical (unpaired) electrons. The Kier molecular flexibility index (Phi) is 4.81. The maximum absolute atomic E-state index is 13.3. The van der Waals surface area contributed by atoms with Gasteiger partial charge in [-0.05, 0) is 24.6 Å². The predicted octanol–water partition coefficient (Wildman–Crippen LogP) is 2.62. The van der Waals surface area contributed by atoms with Gasteiger partial charge in [-0.15, -0.1) is 0 Å².